The number of aromatic hydroxyl groups is 1. The van der Waals surface area contributed by atoms with Crippen LogP contribution in [0.15, 0.2) is 23.2 Å². The highest BCUT2D eigenvalue weighted by Crippen LogP contribution is 2.34. The lowest BCUT2D eigenvalue weighted by Crippen LogP contribution is -2.30. The molecular formula is C13H15FN4O4S2. The van der Waals surface area contributed by atoms with Gasteiger partial charge >= 0.3 is 10.2 Å². The zero-order valence-corrected chi connectivity index (χ0v) is 14.2. The van der Waals surface area contributed by atoms with E-state index in [0.717, 1.165) is 11.1 Å². The zero-order chi connectivity index (χ0) is 17.5. The SMILES string of the molecule is CC1C=C(NCc2cc(O)c(N3CC(=O)NS3(=O)=O)c(F)c2)SN1. The van der Waals surface area contributed by atoms with Crippen LogP contribution in [0.5, 0.6) is 5.75 Å². The number of carbonyl (C=O) groups excluding carboxylic acids is 1. The van der Waals surface area contributed by atoms with Crippen molar-refractivity contribution in [2.75, 3.05) is 10.8 Å². The lowest BCUT2D eigenvalue weighted by atomic mass is 10.1. The molecule has 2 aliphatic rings. The third kappa shape index (κ3) is 3.28. The monoisotopic (exact) mass is 374 g/mol. The molecule has 1 fully saturated rings. The van der Waals surface area contributed by atoms with Crippen molar-refractivity contribution in [3.63, 3.8) is 0 Å². The van der Waals surface area contributed by atoms with Gasteiger partial charge in [0.15, 0.2) is 5.82 Å². The Labute approximate surface area is 142 Å². The molecule has 4 N–H and O–H groups in total. The van der Waals surface area contributed by atoms with Crippen LogP contribution in [0.25, 0.3) is 0 Å². The molecule has 24 heavy (non-hydrogen) atoms. The number of phenols is 1. The van der Waals surface area contributed by atoms with Crippen LogP contribution < -0.4 is 19.1 Å². The van der Waals surface area contributed by atoms with E-state index in [1.54, 1.807) is 4.72 Å². The predicted octanol–water partition coefficient (Wildman–Crippen LogP) is 0.283. The molecule has 11 heteroatoms. The van der Waals surface area contributed by atoms with Crippen molar-refractivity contribution < 1.29 is 22.7 Å². The Morgan fingerprint density at radius 3 is 2.79 bits per heavy atom. The zero-order valence-electron chi connectivity index (χ0n) is 12.5. The molecule has 0 radical (unpaired) electrons. The van der Waals surface area contributed by atoms with Gasteiger partial charge in [0.1, 0.15) is 18.0 Å². The molecule has 1 atom stereocenters. The molecule has 0 aromatic heterocycles. The van der Waals surface area contributed by atoms with Crippen molar-refractivity contribution in [2.45, 2.75) is 19.5 Å². The molecule has 1 aromatic rings. The molecule has 2 aliphatic heterocycles. The summed E-state index contributed by atoms with van der Waals surface area (Å²) in [4.78, 5) is 11.2. The fourth-order valence-corrected chi connectivity index (χ4v) is 4.34. The van der Waals surface area contributed by atoms with Gasteiger partial charge in [0.25, 0.3) is 5.91 Å². The van der Waals surface area contributed by atoms with Gasteiger partial charge in [-0.25, -0.2) is 13.4 Å². The summed E-state index contributed by atoms with van der Waals surface area (Å²) in [5.74, 6) is -2.26. The maximum Gasteiger partial charge on any atom is 0.326 e. The first-order valence-electron chi connectivity index (χ1n) is 6.99. The van der Waals surface area contributed by atoms with Crippen LogP contribution in [-0.4, -0.2) is 32.0 Å². The van der Waals surface area contributed by atoms with Crippen LogP contribution in [0.1, 0.15) is 12.5 Å². The highest BCUT2D eigenvalue weighted by molar-refractivity contribution is 8.01. The van der Waals surface area contributed by atoms with Crippen LogP contribution in [0, 0.1) is 5.82 Å². The van der Waals surface area contributed by atoms with E-state index < -0.39 is 39.9 Å². The Bertz CT molecular complexity index is 804. The quantitative estimate of drug-likeness (QED) is 0.561. The molecule has 8 nitrogen and oxygen atoms in total. The molecular weight excluding hydrogens is 359 g/mol. The molecule has 0 aliphatic carbocycles. The van der Waals surface area contributed by atoms with Gasteiger partial charge in [-0.1, -0.05) is 0 Å². The number of amides is 1. The Kier molecular flexibility index (Phi) is 4.32. The van der Waals surface area contributed by atoms with E-state index in [9.17, 15) is 22.7 Å². The first kappa shape index (κ1) is 16.9. The summed E-state index contributed by atoms with van der Waals surface area (Å²) >= 11 is 1.41. The first-order chi connectivity index (χ1) is 11.3. The fourth-order valence-electron chi connectivity index (χ4n) is 2.37. The minimum atomic E-state index is -4.18. The van der Waals surface area contributed by atoms with Crippen molar-refractivity contribution in [1.82, 2.24) is 14.8 Å². The van der Waals surface area contributed by atoms with Gasteiger partial charge in [-0.15, -0.1) is 0 Å². The van der Waals surface area contributed by atoms with Crippen molar-refractivity contribution in [1.29, 1.82) is 0 Å². The Morgan fingerprint density at radius 1 is 1.50 bits per heavy atom. The predicted molar refractivity (Wildman–Crippen MR) is 87.6 cm³/mol. The number of carbonyl (C=O) groups is 1. The average molecular weight is 374 g/mol. The summed E-state index contributed by atoms with van der Waals surface area (Å²) in [6, 6.07) is 2.61. The van der Waals surface area contributed by atoms with E-state index in [-0.39, 0.29) is 12.6 Å². The minimum Gasteiger partial charge on any atom is -0.506 e. The van der Waals surface area contributed by atoms with E-state index >= 15 is 0 Å². The van der Waals surface area contributed by atoms with Gasteiger partial charge in [0, 0.05) is 12.6 Å². The summed E-state index contributed by atoms with van der Waals surface area (Å²) in [7, 11) is -4.18. The van der Waals surface area contributed by atoms with E-state index in [4.69, 9.17) is 0 Å². The minimum absolute atomic E-state index is 0.218. The van der Waals surface area contributed by atoms with Crippen LogP contribution in [0.4, 0.5) is 10.1 Å². The number of anilines is 1. The van der Waals surface area contributed by atoms with Crippen LogP contribution in [0.3, 0.4) is 0 Å². The molecule has 0 bridgehead atoms. The molecule has 1 amide bonds. The largest absolute Gasteiger partial charge is 0.506 e. The van der Waals surface area contributed by atoms with Gasteiger partial charge in [0.05, 0.1) is 5.03 Å². The Morgan fingerprint density at radius 2 is 2.25 bits per heavy atom. The second-order valence-corrected chi connectivity index (χ2v) is 7.85. The molecule has 0 saturated carbocycles. The number of rotatable bonds is 4. The molecule has 1 unspecified atom stereocenters. The number of benzene rings is 1. The number of phenolic OH excluding ortho intramolecular Hbond substituents is 1. The first-order valence-corrected chi connectivity index (χ1v) is 9.24. The lowest BCUT2D eigenvalue weighted by molar-refractivity contribution is -0.117. The second-order valence-electron chi connectivity index (χ2n) is 5.38. The van der Waals surface area contributed by atoms with Crippen molar-refractivity contribution >= 4 is 33.8 Å². The molecule has 1 saturated heterocycles. The van der Waals surface area contributed by atoms with E-state index in [1.165, 1.54) is 18.0 Å². The van der Waals surface area contributed by atoms with E-state index in [0.29, 0.717) is 9.87 Å². The summed E-state index contributed by atoms with van der Waals surface area (Å²) in [5, 5.41) is 14.0. The van der Waals surface area contributed by atoms with Crippen LogP contribution in [0.2, 0.25) is 0 Å². The number of halogens is 1. The topological polar surface area (TPSA) is 111 Å². The van der Waals surface area contributed by atoms with Crippen LogP contribution >= 0.6 is 11.9 Å². The summed E-state index contributed by atoms with van der Waals surface area (Å²) in [6.45, 7) is 1.66. The summed E-state index contributed by atoms with van der Waals surface area (Å²) in [5.41, 5.74) is -0.104. The number of hydrogen-bond acceptors (Lipinski definition) is 7. The molecule has 130 valence electrons. The molecule has 2 heterocycles. The van der Waals surface area contributed by atoms with Gasteiger partial charge in [-0.05, 0) is 42.6 Å². The summed E-state index contributed by atoms with van der Waals surface area (Å²) < 4.78 is 43.2. The van der Waals surface area contributed by atoms with E-state index in [1.807, 2.05) is 13.0 Å². The third-order valence-corrected chi connectivity index (χ3v) is 5.76. The normalized spacial score (nSPS) is 22.4. The lowest BCUT2D eigenvalue weighted by Gasteiger charge is -2.18. The summed E-state index contributed by atoms with van der Waals surface area (Å²) in [6.07, 6.45) is 1.96. The van der Waals surface area contributed by atoms with E-state index in [2.05, 4.69) is 10.0 Å². The maximum atomic E-state index is 14.3. The Balaban J connectivity index is 1.82. The highest BCUT2D eigenvalue weighted by atomic mass is 32.2. The molecule has 1 aromatic carbocycles. The molecule has 0 spiro atoms. The second kappa shape index (κ2) is 6.15. The smallest absolute Gasteiger partial charge is 0.326 e. The Hall–Kier alpha value is -1.98. The van der Waals surface area contributed by atoms with Crippen molar-refractivity contribution in [2.24, 2.45) is 0 Å². The van der Waals surface area contributed by atoms with Crippen molar-refractivity contribution in [3.05, 3.63) is 34.6 Å². The number of nitrogens with one attached hydrogen (secondary N) is 3. The average Bonchev–Trinajstić information content (AvgIpc) is 2.99. The van der Waals surface area contributed by atoms with Crippen molar-refractivity contribution in [3.8, 4) is 5.75 Å². The molecule has 3 rings (SSSR count). The number of hydrogen-bond donors (Lipinski definition) is 4. The van der Waals surface area contributed by atoms with Gasteiger partial charge in [0.2, 0.25) is 0 Å². The van der Waals surface area contributed by atoms with Crippen LogP contribution in [-0.2, 0) is 21.5 Å². The number of nitrogens with zero attached hydrogens (tertiary/aromatic N) is 1. The van der Waals surface area contributed by atoms with Gasteiger partial charge < -0.3 is 10.4 Å². The standard InChI is InChI=1S/C13H15FN4O4S2/c1-7-2-12(23-16-7)15-5-8-3-9(14)13(10(19)4-8)18-6-11(20)17-24(18,21)22/h2-4,7,15-16,19H,5-6H2,1H3,(H,17,20). The fraction of sp³-hybridized carbons (Fsp3) is 0.308. The van der Waals surface area contributed by atoms with Gasteiger partial charge in [-0.3, -0.25) is 9.52 Å². The van der Waals surface area contributed by atoms with Gasteiger partial charge in [-0.2, -0.15) is 8.42 Å². The third-order valence-electron chi connectivity index (χ3n) is 3.40. The maximum absolute atomic E-state index is 14.3. The highest BCUT2D eigenvalue weighted by Gasteiger charge is 2.37.